The van der Waals surface area contributed by atoms with Crippen molar-refractivity contribution >= 4 is 39.3 Å². The van der Waals surface area contributed by atoms with E-state index in [0.29, 0.717) is 5.69 Å². The average Bonchev–Trinajstić information content (AvgIpc) is 2.20. The van der Waals surface area contributed by atoms with Crippen molar-refractivity contribution in [3.8, 4) is 0 Å². The van der Waals surface area contributed by atoms with Gasteiger partial charge in [0, 0.05) is 20.3 Å². The number of carbonyl (C=O) groups is 1. The Morgan fingerprint density at radius 1 is 1.50 bits per heavy atom. The highest BCUT2D eigenvalue weighted by molar-refractivity contribution is 9.10. The first-order valence-electron chi connectivity index (χ1n) is 4.86. The van der Waals surface area contributed by atoms with Gasteiger partial charge in [0.25, 0.3) is 0 Å². The topological polar surface area (TPSA) is 63.3 Å². The maximum absolute atomic E-state index is 10.8. The molecule has 0 spiro atoms. The number of aliphatic carboxylic acids is 1. The molecule has 88 valence electrons. The Bertz CT molecular complexity index is 398. The standard InChI is InChI=1S/C11H14BrNO2S/c1-6(11(14)15)7(2)16-10-4-3-8(13)5-9(10)12/h3-7H,13H2,1-2H3,(H,14,15). The highest BCUT2D eigenvalue weighted by Gasteiger charge is 2.20. The number of rotatable bonds is 4. The maximum atomic E-state index is 10.8. The summed E-state index contributed by atoms with van der Waals surface area (Å²) in [7, 11) is 0. The van der Waals surface area contributed by atoms with Crippen molar-refractivity contribution in [3.05, 3.63) is 22.7 Å². The van der Waals surface area contributed by atoms with E-state index < -0.39 is 5.97 Å². The second-order valence-electron chi connectivity index (χ2n) is 3.64. The summed E-state index contributed by atoms with van der Waals surface area (Å²) in [5.41, 5.74) is 6.32. The number of anilines is 1. The van der Waals surface area contributed by atoms with Crippen LogP contribution in [0.2, 0.25) is 0 Å². The van der Waals surface area contributed by atoms with Gasteiger partial charge in [-0.05, 0) is 34.1 Å². The SMILES string of the molecule is CC(Sc1ccc(N)cc1Br)C(C)C(=O)O. The number of nitrogen functional groups attached to an aromatic ring is 1. The summed E-state index contributed by atoms with van der Waals surface area (Å²) in [4.78, 5) is 11.8. The predicted molar refractivity (Wildman–Crippen MR) is 70.7 cm³/mol. The van der Waals surface area contributed by atoms with Crippen LogP contribution >= 0.6 is 27.7 Å². The van der Waals surface area contributed by atoms with Crippen LogP contribution < -0.4 is 5.73 Å². The van der Waals surface area contributed by atoms with Crippen LogP contribution in [0.5, 0.6) is 0 Å². The van der Waals surface area contributed by atoms with Gasteiger partial charge in [0.1, 0.15) is 0 Å². The number of nitrogens with two attached hydrogens (primary N) is 1. The fraction of sp³-hybridized carbons (Fsp3) is 0.364. The number of benzene rings is 1. The quantitative estimate of drug-likeness (QED) is 0.662. The molecule has 0 saturated carbocycles. The van der Waals surface area contributed by atoms with Gasteiger partial charge in [0.15, 0.2) is 0 Å². The summed E-state index contributed by atoms with van der Waals surface area (Å²) in [6.45, 7) is 3.62. The minimum atomic E-state index is -0.772. The first kappa shape index (κ1) is 13.4. The summed E-state index contributed by atoms with van der Waals surface area (Å²) in [6.07, 6.45) is 0. The molecule has 5 heteroatoms. The third kappa shape index (κ3) is 3.42. The fourth-order valence-electron chi connectivity index (χ4n) is 1.12. The van der Waals surface area contributed by atoms with Crippen molar-refractivity contribution in [1.29, 1.82) is 0 Å². The Hall–Kier alpha value is -0.680. The van der Waals surface area contributed by atoms with Crippen molar-refractivity contribution < 1.29 is 9.90 Å². The van der Waals surface area contributed by atoms with Gasteiger partial charge in [-0.1, -0.05) is 13.8 Å². The molecule has 3 nitrogen and oxygen atoms in total. The third-order valence-corrected chi connectivity index (χ3v) is 4.67. The predicted octanol–water partition coefficient (Wildman–Crippen LogP) is 3.23. The molecule has 0 heterocycles. The molecule has 1 aromatic rings. The second kappa shape index (κ2) is 5.59. The first-order valence-corrected chi connectivity index (χ1v) is 6.53. The van der Waals surface area contributed by atoms with E-state index in [9.17, 15) is 4.79 Å². The molecule has 0 aliphatic heterocycles. The zero-order valence-corrected chi connectivity index (χ0v) is 11.5. The molecule has 0 bridgehead atoms. The van der Waals surface area contributed by atoms with Crippen molar-refractivity contribution in [3.63, 3.8) is 0 Å². The van der Waals surface area contributed by atoms with Crippen LogP contribution in [0, 0.1) is 5.92 Å². The molecule has 0 saturated heterocycles. The van der Waals surface area contributed by atoms with E-state index in [1.165, 1.54) is 11.8 Å². The Morgan fingerprint density at radius 2 is 2.12 bits per heavy atom. The van der Waals surface area contributed by atoms with E-state index in [1.54, 1.807) is 6.92 Å². The largest absolute Gasteiger partial charge is 0.481 e. The van der Waals surface area contributed by atoms with Crippen molar-refractivity contribution in [2.45, 2.75) is 24.0 Å². The molecule has 1 aromatic carbocycles. The van der Waals surface area contributed by atoms with E-state index in [1.807, 2.05) is 25.1 Å². The molecular weight excluding hydrogens is 290 g/mol. The van der Waals surface area contributed by atoms with E-state index >= 15 is 0 Å². The summed E-state index contributed by atoms with van der Waals surface area (Å²) >= 11 is 4.95. The maximum Gasteiger partial charge on any atom is 0.307 e. The molecule has 0 radical (unpaired) electrons. The summed E-state index contributed by atoms with van der Waals surface area (Å²) in [5.74, 6) is -1.15. The van der Waals surface area contributed by atoms with Crippen LogP contribution in [0.3, 0.4) is 0 Å². The van der Waals surface area contributed by atoms with Gasteiger partial charge in [-0.3, -0.25) is 4.79 Å². The highest BCUT2D eigenvalue weighted by Crippen LogP contribution is 2.34. The molecule has 1 rings (SSSR count). The van der Waals surface area contributed by atoms with E-state index in [4.69, 9.17) is 10.8 Å². The number of hydrogen-bond donors (Lipinski definition) is 2. The Labute approximate surface area is 108 Å². The average molecular weight is 304 g/mol. The van der Waals surface area contributed by atoms with Gasteiger partial charge >= 0.3 is 5.97 Å². The summed E-state index contributed by atoms with van der Waals surface area (Å²) in [5, 5.41) is 8.91. The van der Waals surface area contributed by atoms with Gasteiger partial charge in [0.2, 0.25) is 0 Å². The van der Waals surface area contributed by atoms with Crippen molar-refractivity contribution in [1.82, 2.24) is 0 Å². The van der Waals surface area contributed by atoms with Crippen LogP contribution in [0.15, 0.2) is 27.6 Å². The normalized spacial score (nSPS) is 14.4. The van der Waals surface area contributed by atoms with Crippen LogP contribution in [-0.2, 0) is 4.79 Å². The van der Waals surface area contributed by atoms with E-state index in [0.717, 1.165) is 9.37 Å². The van der Waals surface area contributed by atoms with E-state index in [2.05, 4.69) is 15.9 Å². The van der Waals surface area contributed by atoms with Crippen molar-refractivity contribution in [2.24, 2.45) is 5.92 Å². The van der Waals surface area contributed by atoms with Crippen LogP contribution in [-0.4, -0.2) is 16.3 Å². The molecule has 2 atom stereocenters. The lowest BCUT2D eigenvalue weighted by atomic mass is 10.1. The highest BCUT2D eigenvalue weighted by atomic mass is 79.9. The molecule has 16 heavy (non-hydrogen) atoms. The van der Waals surface area contributed by atoms with Crippen LogP contribution in [0.4, 0.5) is 5.69 Å². The Kier molecular flexibility index (Phi) is 4.68. The monoisotopic (exact) mass is 303 g/mol. The zero-order chi connectivity index (χ0) is 12.3. The Balaban J connectivity index is 2.77. The lowest BCUT2D eigenvalue weighted by Crippen LogP contribution is -2.19. The van der Waals surface area contributed by atoms with Gasteiger partial charge in [0.05, 0.1) is 5.92 Å². The zero-order valence-electron chi connectivity index (χ0n) is 9.11. The number of halogens is 1. The minimum absolute atomic E-state index is 0.0115. The smallest absolute Gasteiger partial charge is 0.307 e. The lowest BCUT2D eigenvalue weighted by Gasteiger charge is -2.16. The van der Waals surface area contributed by atoms with Crippen LogP contribution in [0.1, 0.15) is 13.8 Å². The van der Waals surface area contributed by atoms with Gasteiger partial charge in [-0.15, -0.1) is 11.8 Å². The fourth-order valence-corrected chi connectivity index (χ4v) is 2.83. The molecular formula is C11H14BrNO2S. The van der Waals surface area contributed by atoms with E-state index in [-0.39, 0.29) is 11.2 Å². The number of carboxylic acid groups (broad SMARTS) is 1. The minimum Gasteiger partial charge on any atom is -0.481 e. The number of thioether (sulfide) groups is 1. The van der Waals surface area contributed by atoms with Crippen LogP contribution in [0.25, 0.3) is 0 Å². The first-order chi connectivity index (χ1) is 7.41. The Morgan fingerprint density at radius 3 is 2.62 bits per heavy atom. The number of carboxylic acids is 1. The lowest BCUT2D eigenvalue weighted by molar-refractivity contribution is -0.140. The second-order valence-corrected chi connectivity index (χ2v) is 5.91. The number of hydrogen-bond acceptors (Lipinski definition) is 3. The summed E-state index contributed by atoms with van der Waals surface area (Å²) < 4.78 is 0.905. The molecule has 2 unspecified atom stereocenters. The molecule has 0 aromatic heterocycles. The molecule has 0 fully saturated rings. The summed E-state index contributed by atoms with van der Waals surface area (Å²) in [6, 6.07) is 5.53. The third-order valence-electron chi connectivity index (χ3n) is 2.36. The van der Waals surface area contributed by atoms with Gasteiger partial charge < -0.3 is 10.8 Å². The molecule has 0 aliphatic rings. The molecule has 3 N–H and O–H groups in total. The van der Waals surface area contributed by atoms with Gasteiger partial charge in [-0.2, -0.15) is 0 Å². The van der Waals surface area contributed by atoms with Crippen molar-refractivity contribution in [2.75, 3.05) is 5.73 Å². The molecule has 0 aliphatic carbocycles. The van der Waals surface area contributed by atoms with Gasteiger partial charge in [-0.25, -0.2) is 0 Å². The molecule has 0 amide bonds.